The van der Waals surface area contributed by atoms with Crippen molar-refractivity contribution in [3.8, 4) is 0 Å². The molecule has 1 aliphatic carbocycles. The largest absolute Gasteiger partial charge is 0.261 e. The lowest BCUT2D eigenvalue weighted by Crippen LogP contribution is -2.27. The van der Waals surface area contributed by atoms with Crippen molar-refractivity contribution >= 4 is 10.0 Å². The molecule has 0 bridgehead atoms. The van der Waals surface area contributed by atoms with Gasteiger partial charge in [-0.2, -0.15) is 0 Å². The van der Waals surface area contributed by atoms with Crippen LogP contribution >= 0.6 is 0 Å². The SMILES string of the molecule is O=S(=O)(NCCc1ccccn1)c1ccccc1C1CCCCC1. The summed E-state index contributed by atoms with van der Waals surface area (Å²) in [5.41, 5.74) is 1.86. The van der Waals surface area contributed by atoms with Crippen molar-refractivity contribution in [2.75, 3.05) is 6.54 Å². The van der Waals surface area contributed by atoms with E-state index < -0.39 is 10.0 Å². The predicted molar refractivity (Wildman–Crippen MR) is 95.4 cm³/mol. The molecule has 0 amide bonds. The summed E-state index contributed by atoms with van der Waals surface area (Å²) in [4.78, 5) is 4.67. The number of pyridine rings is 1. The van der Waals surface area contributed by atoms with Crippen LogP contribution in [0.3, 0.4) is 0 Å². The molecular formula is C19H24N2O2S. The van der Waals surface area contributed by atoms with E-state index >= 15 is 0 Å². The third-order valence-corrected chi connectivity index (χ3v) is 6.19. The predicted octanol–water partition coefficient (Wildman–Crippen LogP) is 3.65. The average Bonchev–Trinajstić information content (AvgIpc) is 2.63. The van der Waals surface area contributed by atoms with Crippen LogP contribution in [0.2, 0.25) is 0 Å². The molecule has 5 heteroatoms. The Labute approximate surface area is 144 Å². The molecule has 1 fully saturated rings. The second-order valence-corrected chi connectivity index (χ2v) is 8.08. The van der Waals surface area contributed by atoms with Gasteiger partial charge in [-0.05, 0) is 42.5 Å². The zero-order chi connectivity index (χ0) is 16.8. The molecule has 0 atom stereocenters. The first-order valence-corrected chi connectivity index (χ1v) is 10.1. The maximum atomic E-state index is 12.8. The average molecular weight is 344 g/mol. The molecule has 1 aromatic carbocycles. The minimum Gasteiger partial charge on any atom is -0.261 e. The molecule has 0 radical (unpaired) electrons. The number of aromatic nitrogens is 1. The summed E-state index contributed by atoms with van der Waals surface area (Å²) in [6, 6.07) is 13.1. The number of benzene rings is 1. The molecule has 3 rings (SSSR count). The van der Waals surface area contributed by atoms with Gasteiger partial charge in [0.25, 0.3) is 0 Å². The summed E-state index contributed by atoms with van der Waals surface area (Å²) in [5, 5.41) is 0. The van der Waals surface area contributed by atoms with Gasteiger partial charge >= 0.3 is 0 Å². The highest BCUT2D eigenvalue weighted by Gasteiger charge is 2.24. The molecule has 1 aliphatic rings. The molecule has 0 aliphatic heterocycles. The number of nitrogens with one attached hydrogen (secondary N) is 1. The van der Waals surface area contributed by atoms with E-state index in [1.165, 1.54) is 19.3 Å². The van der Waals surface area contributed by atoms with Gasteiger partial charge in [-0.1, -0.05) is 43.5 Å². The summed E-state index contributed by atoms with van der Waals surface area (Å²) >= 11 is 0. The number of hydrogen-bond acceptors (Lipinski definition) is 3. The van der Waals surface area contributed by atoms with E-state index in [4.69, 9.17) is 0 Å². The van der Waals surface area contributed by atoms with E-state index in [-0.39, 0.29) is 0 Å². The summed E-state index contributed by atoms with van der Waals surface area (Å²) in [7, 11) is -3.49. The molecule has 0 spiro atoms. The summed E-state index contributed by atoms with van der Waals surface area (Å²) in [5.74, 6) is 0.363. The minimum atomic E-state index is -3.49. The van der Waals surface area contributed by atoms with Crippen LogP contribution in [0.4, 0.5) is 0 Å². The lowest BCUT2D eigenvalue weighted by Gasteiger charge is -2.24. The van der Waals surface area contributed by atoms with E-state index in [9.17, 15) is 8.42 Å². The topological polar surface area (TPSA) is 59.1 Å². The van der Waals surface area contributed by atoms with Crippen LogP contribution in [0.25, 0.3) is 0 Å². The van der Waals surface area contributed by atoms with Crippen molar-refractivity contribution in [1.82, 2.24) is 9.71 Å². The summed E-state index contributed by atoms with van der Waals surface area (Å²) in [6.07, 6.45) is 8.11. The molecule has 0 saturated heterocycles. The zero-order valence-electron chi connectivity index (χ0n) is 13.8. The van der Waals surface area contributed by atoms with Crippen LogP contribution < -0.4 is 4.72 Å². The van der Waals surface area contributed by atoms with E-state index in [1.807, 2.05) is 30.3 Å². The maximum absolute atomic E-state index is 12.8. The van der Waals surface area contributed by atoms with Crippen LogP contribution in [0.15, 0.2) is 53.6 Å². The Morgan fingerprint density at radius 1 is 1.00 bits per heavy atom. The maximum Gasteiger partial charge on any atom is 0.240 e. The molecule has 1 saturated carbocycles. The standard InChI is InChI=1S/C19H24N2O2S/c22-24(23,21-15-13-17-10-6-7-14-20-17)19-12-5-4-11-18(19)16-8-2-1-3-9-16/h4-7,10-12,14,16,21H,1-3,8-9,13,15H2. The van der Waals surface area contributed by atoms with E-state index in [0.717, 1.165) is 24.1 Å². The lowest BCUT2D eigenvalue weighted by molar-refractivity contribution is 0.438. The second kappa shape index (κ2) is 7.90. The molecule has 128 valence electrons. The zero-order valence-corrected chi connectivity index (χ0v) is 14.6. The minimum absolute atomic E-state index is 0.359. The first-order chi connectivity index (χ1) is 11.7. The molecule has 1 aromatic heterocycles. The highest BCUT2D eigenvalue weighted by atomic mass is 32.2. The third kappa shape index (κ3) is 4.22. The number of sulfonamides is 1. The van der Waals surface area contributed by atoms with Crippen molar-refractivity contribution < 1.29 is 8.42 Å². The lowest BCUT2D eigenvalue weighted by atomic mass is 9.84. The van der Waals surface area contributed by atoms with Gasteiger partial charge in [0.15, 0.2) is 0 Å². The van der Waals surface area contributed by atoms with Gasteiger partial charge in [-0.15, -0.1) is 0 Å². The Kier molecular flexibility index (Phi) is 5.63. The van der Waals surface area contributed by atoms with E-state index in [2.05, 4.69) is 9.71 Å². The van der Waals surface area contributed by atoms with Crippen molar-refractivity contribution in [2.24, 2.45) is 0 Å². The molecule has 1 N–H and O–H groups in total. The molecular weight excluding hydrogens is 320 g/mol. The quantitative estimate of drug-likeness (QED) is 0.870. The van der Waals surface area contributed by atoms with Crippen molar-refractivity contribution in [3.05, 3.63) is 59.9 Å². The van der Waals surface area contributed by atoms with Crippen LogP contribution in [0.5, 0.6) is 0 Å². The van der Waals surface area contributed by atoms with Crippen molar-refractivity contribution in [3.63, 3.8) is 0 Å². The molecule has 0 unspecified atom stereocenters. The normalized spacial score (nSPS) is 16.2. The van der Waals surface area contributed by atoms with Gasteiger partial charge in [0.2, 0.25) is 10.0 Å². The molecule has 4 nitrogen and oxygen atoms in total. The molecule has 2 aromatic rings. The molecule has 1 heterocycles. The monoisotopic (exact) mass is 344 g/mol. The second-order valence-electron chi connectivity index (χ2n) is 6.34. The number of hydrogen-bond donors (Lipinski definition) is 1. The Bertz CT molecular complexity index is 754. The smallest absolute Gasteiger partial charge is 0.240 e. The third-order valence-electron chi connectivity index (χ3n) is 4.65. The van der Waals surface area contributed by atoms with Crippen LogP contribution in [-0.4, -0.2) is 19.9 Å². The fourth-order valence-electron chi connectivity index (χ4n) is 3.41. The van der Waals surface area contributed by atoms with Crippen LogP contribution in [-0.2, 0) is 16.4 Å². The highest BCUT2D eigenvalue weighted by molar-refractivity contribution is 7.89. The van der Waals surface area contributed by atoms with E-state index in [1.54, 1.807) is 18.3 Å². The number of nitrogens with zero attached hydrogens (tertiary/aromatic N) is 1. The first kappa shape index (κ1) is 17.1. The highest BCUT2D eigenvalue weighted by Crippen LogP contribution is 2.35. The Morgan fingerprint density at radius 3 is 2.50 bits per heavy atom. The Morgan fingerprint density at radius 2 is 1.75 bits per heavy atom. The fraction of sp³-hybridized carbons (Fsp3) is 0.421. The van der Waals surface area contributed by atoms with Crippen LogP contribution in [0, 0.1) is 0 Å². The number of rotatable bonds is 6. The van der Waals surface area contributed by atoms with Gasteiger partial charge in [0.1, 0.15) is 0 Å². The van der Waals surface area contributed by atoms with Gasteiger partial charge in [-0.25, -0.2) is 13.1 Å². The summed E-state index contributed by atoms with van der Waals surface area (Å²) in [6.45, 7) is 0.359. The van der Waals surface area contributed by atoms with Gasteiger partial charge in [-0.3, -0.25) is 4.98 Å². The van der Waals surface area contributed by atoms with Crippen molar-refractivity contribution in [2.45, 2.75) is 49.3 Å². The van der Waals surface area contributed by atoms with E-state index in [0.29, 0.717) is 23.8 Å². The van der Waals surface area contributed by atoms with Crippen molar-refractivity contribution in [1.29, 1.82) is 0 Å². The van der Waals surface area contributed by atoms with Gasteiger partial charge in [0.05, 0.1) is 4.90 Å². The fourth-order valence-corrected chi connectivity index (χ4v) is 4.74. The summed E-state index contributed by atoms with van der Waals surface area (Å²) < 4.78 is 28.2. The van der Waals surface area contributed by atoms with Gasteiger partial charge in [0, 0.05) is 24.9 Å². The van der Waals surface area contributed by atoms with Gasteiger partial charge < -0.3 is 0 Å². The molecule has 24 heavy (non-hydrogen) atoms. The Hall–Kier alpha value is -1.72. The van der Waals surface area contributed by atoms with Crippen LogP contribution in [0.1, 0.15) is 49.3 Å². The Balaban J connectivity index is 1.72. The first-order valence-electron chi connectivity index (χ1n) is 8.65.